The number of ether oxygens (including phenoxy) is 4. The smallest absolute Gasteiger partial charge is 0.300 e. The number of benzene rings is 3. The molecule has 1 aliphatic rings. The molecule has 0 bridgehead atoms. The highest BCUT2D eigenvalue weighted by Gasteiger charge is 2.47. The van der Waals surface area contributed by atoms with Crippen LogP contribution in [0.1, 0.15) is 30.5 Å². The van der Waals surface area contributed by atoms with Gasteiger partial charge in [0.25, 0.3) is 11.7 Å². The fraction of sp³-hybridized carbons (Fsp3) is 0.241. The molecule has 8 nitrogen and oxygen atoms in total. The van der Waals surface area contributed by atoms with Gasteiger partial charge in [0, 0.05) is 11.8 Å². The first-order chi connectivity index (χ1) is 17.9. The molecule has 0 radical (unpaired) electrons. The summed E-state index contributed by atoms with van der Waals surface area (Å²) in [6.45, 7) is 2.52. The molecular formula is C29H29NO7. The minimum absolute atomic E-state index is 0.0584. The van der Waals surface area contributed by atoms with E-state index in [0.29, 0.717) is 40.9 Å². The van der Waals surface area contributed by atoms with Gasteiger partial charge in [-0.05, 0) is 60.5 Å². The highest BCUT2D eigenvalue weighted by molar-refractivity contribution is 6.51. The van der Waals surface area contributed by atoms with Gasteiger partial charge in [-0.3, -0.25) is 14.5 Å². The van der Waals surface area contributed by atoms with Gasteiger partial charge in [-0.25, -0.2) is 0 Å². The van der Waals surface area contributed by atoms with Gasteiger partial charge < -0.3 is 24.1 Å². The summed E-state index contributed by atoms with van der Waals surface area (Å²) in [5.74, 6) is 0.103. The van der Waals surface area contributed by atoms with E-state index in [1.807, 2.05) is 13.0 Å². The number of nitrogens with zero attached hydrogens (tertiary/aromatic N) is 1. The highest BCUT2D eigenvalue weighted by atomic mass is 16.5. The van der Waals surface area contributed by atoms with E-state index in [1.54, 1.807) is 67.8 Å². The Morgan fingerprint density at radius 3 is 2.22 bits per heavy atom. The zero-order valence-corrected chi connectivity index (χ0v) is 21.2. The third kappa shape index (κ3) is 4.95. The molecule has 0 spiro atoms. The van der Waals surface area contributed by atoms with Crippen LogP contribution in [-0.2, 0) is 9.59 Å². The van der Waals surface area contributed by atoms with Crippen molar-refractivity contribution in [1.29, 1.82) is 0 Å². The molecule has 0 aromatic heterocycles. The first-order valence-corrected chi connectivity index (χ1v) is 11.8. The van der Waals surface area contributed by atoms with Crippen molar-refractivity contribution in [3.05, 3.63) is 83.4 Å². The highest BCUT2D eigenvalue weighted by Crippen LogP contribution is 2.44. The van der Waals surface area contributed by atoms with E-state index < -0.39 is 17.7 Å². The van der Waals surface area contributed by atoms with Crippen LogP contribution in [0.25, 0.3) is 5.76 Å². The van der Waals surface area contributed by atoms with E-state index in [-0.39, 0.29) is 16.9 Å². The molecule has 1 fully saturated rings. The maximum atomic E-state index is 13.5. The fourth-order valence-electron chi connectivity index (χ4n) is 4.29. The van der Waals surface area contributed by atoms with Crippen molar-refractivity contribution in [3.8, 4) is 23.0 Å². The monoisotopic (exact) mass is 503 g/mol. The summed E-state index contributed by atoms with van der Waals surface area (Å²) >= 11 is 0. The standard InChI is InChI=1S/C29H29NO7/c1-5-15-37-22-8-6-7-18(16-22)26-25(27(31)23-14-13-21(35-3)17-24(23)36-4)28(32)29(33)30(26)19-9-11-20(34-2)12-10-19/h6-14,16-17,26,31H,5,15H2,1-4H3/b27-25+. The molecule has 1 heterocycles. The van der Waals surface area contributed by atoms with Crippen molar-refractivity contribution in [2.75, 3.05) is 32.8 Å². The quantitative estimate of drug-likeness (QED) is 0.246. The van der Waals surface area contributed by atoms with Crippen molar-refractivity contribution in [3.63, 3.8) is 0 Å². The van der Waals surface area contributed by atoms with E-state index in [4.69, 9.17) is 18.9 Å². The van der Waals surface area contributed by atoms with E-state index >= 15 is 0 Å². The topological polar surface area (TPSA) is 94.5 Å². The van der Waals surface area contributed by atoms with Gasteiger partial charge >= 0.3 is 0 Å². The predicted molar refractivity (Wildman–Crippen MR) is 140 cm³/mol. The Morgan fingerprint density at radius 2 is 1.57 bits per heavy atom. The second kappa shape index (κ2) is 11.1. The Bertz CT molecular complexity index is 1330. The Balaban J connectivity index is 1.93. The molecule has 192 valence electrons. The normalized spacial score (nSPS) is 16.5. The summed E-state index contributed by atoms with van der Waals surface area (Å²) in [7, 11) is 4.51. The number of aliphatic hydroxyl groups excluding tert-OH is 1. The lowest BCUT2D eigenvalue weighted by molar-refractivity contribution is -0.132. The molecule has 0 aliphatic carbocycles. The molecule has 0 saturated carbocycles. The lowest BCUT2D eigenvalue weighted by Crippen LogP contribution is -2.29. The van der Waals surface area contributed by atoms with Crippen molar-refractivity contribution < 1.29 is 33.6 Å². The lowest BCUT2D eigenvalue weighted by atomic mass is 9.94. The van der Waals surface area contributed by atoms with Crippen LogP contribution in [0.15, 0.2) is 72.3 Å². The van der Waals surface area contributed by atoms with Crippen molar-refractivity contribution in [2.24, 2.45) is 0 Å². The zero-order valence-electron chi connectivity index (χ0n) is 21.2. The maximum Gasteiger partial charge on any atom is 0.300 e. The molecule has 1 saturated heterocycles. The van der Waals surface area contributed by atoms with Crippen LogP contribution in [0.4, 0.5) is 5.69 Å². The second-order valence-corrected chi connectivity index (χ2v) is 8.35. The van der Waals surface area contributed by atoms with E-state index in [0.717, 1.165) is 6.42 Å². The Labute approximate surface area is 215 Å². The number of anilines is 1. The van der Waals surface area contributed by atoms with E-state index in [1.165, 1.54) is 19.1 Å². The van der Waals surface area contributed by atoms with Gasteiger partial charge in [-0.2, -0.15) is 0 Å². The molecule has 1 atom stereocenters. The van der Waals surface area contributed by atoms with Gasteiger partial charge in [-0.15, -0.1) is 0 Å². The molecule has 8 heteroatoms. The van der Waals surface area contributed by atoms with Crippen LogP contribution in [0.3, 0.4) is 0 Å². The number of carbonyl (C=O) groups excluding carboxylic acids is 2. The van der Waals surface area contributed by atoms with Crippen molar-refractivity contribution >= 4 is 23.1 Å². The van der Waals surface area contributed by atoms with E-state index in [2.05, 4.69) is 0 Å². The Hall–Kier alpha value is -4.46. The number of ketones is 1. The molecule has 3 aromatic rings. The number of rotatable bonds is 9. The molecule has 1 unspecified atom stereocenters. The first-order valence-electron chi connectivity index (χ1n) is 11.8. The largest absolute Gasteiger partial charge is 0.507 e. The fourth-order valence-corrected chi connectivity index (χ4v) is 4.29. The molecule has 37 heavy (non-hydrogen) atoms. The number of hydrogen-bond acceptors (Lipinski definition) is 7. The minimum atomic E-state index is -0.912. The average Bonchev–Trinajstić information content (AvgIpc) is 3.21. The summed E-state index contributed by atoms with van der Waals surface area (Å²) in [6, 6.07) is 17.9. The van der Waals surface area contributed by atoms with Crippen LogP contribution >= 0.6 is 0 Å². The van der Waals surface area contributed by atoms with Gasteiger partial charge in [-0.1, -0.05) is 19.1 Å². The molecule has 1 aliphatic heterocycles. The van der Waals surface area contributed by atoms with Gasteiger partial charge in [0.05, 0.1) is 45.1 Å². The average molecular weight is 504 g/mol. The molecule has 1 N–H and O–H groups in total. The Morgan fingerprint density at radius 1 is 0.865 bits per heavy atom. The molecular weight excluding hydrogens is 474 g/mol. The summed E-state index contributed by atoms with van der Waals surface area (Å²) in [5, 5.41) is 11.5. The van der Waals surface area contributed by atoms with Crippen LogP contribution in [0, 0.1) is 0 Å². The summed E-state index contributed by atoms with van der Waals surface area (Å²) in [4.78, 5) is 28.3. The van der Waals surface area contributed by atoms with Gasteiger partial charge in [0.15, 0.2) is 0 Å². The van der Waals surface area contributed by atoms with Crippen LogP contribution in [0.2, 0.25) is 0 Å². The van der Waals surface area contributed by atoms with Crippen LogP contribution < -0.4 is 23.8 Å². The maximum absolute atomic E-state index is 13.5. The number of methoxy groups -OCH3 is 3. The van der Waals surface area contributed by atoms with Crippen LogP contribution in [0.5, 0.6) is 23.0 Å². The third-order valence-electron chi connectivity index (χ3n) is 6.11. The SMILES string of the molecule is CCCOc1cccc(C2/C(=C(\O)c3ccc(OC)cc3OC)C(=O)C(=O)N2c2ccc(OC)cc2)c1. The Kier molecular flexibility index (Phi) is 7.67. The molecule has 1 amide bonds. The number of Topliss-reactive ketones (excluding diaryl/α,β-unsaturated/α-hetero) is 1. The second-order valence-electron chi connectivity index (χ2n) is 8.35. The number of carbonyl (C=O) groups is 2. The van der Waals surface area contributed by atoms with Crippen LogP contribution in [-0.4, -0.2) is 44.7 Å². The molecule has 4 rings (SSSR count). The van der Waals surface area contributed by atoms with Crippen molar-refractivity contribution in [2.45, 2.75) is 19.4 Å². The zero-order chi connectivity index (χ0) is 26.5. The molecule has 3 aromatic carbocycles. The summed E-state index contributed by atoms with van der Waals surface area (Å²) in [6.07, 6.45) is 0.825. The van der Waals surface area contributed by atoms with Crippen molar-refractivity contribution in [1.82, 2.24) is 0 Å². The number of amides is 1. The van der Waals surface area contributed by atoms with Gasteiger partial charge in [0.2, 0.25) is 0 Å². The lowest BCUT2D eigenvalue weighted by Gasteiger charge is -2.26. The third-order valence-corrected chi connectivity index (χ3v) is 6.11. The minimum Gasteiger partial charge on any atom is -0.507 e. The van der Waals surface area contributed by atoms with Gasteiger partial charge in [0.1, 0.15) is 28.8 Å². The summed E-state index contributed by atoms with van der Waals surface area (Å²) in [5.41, 5.74) is 1.29. The number of aliphatic hydroxyl groups is 1. The predicted octanol–water partition coefficient (Wildman–Crippen LogP) is 5.13. The van der Waals surface area contributed by atoms with E-state index in [9.17, 15) is 14.7 Å². The number of hydrogen-bond donors (Lipinski definition) is 1. The first kappa shape index (κ1) is 25.6. The summed E-state index contributed by atoms with van der Waals surface area (Å²) < 4.78 is 21.8.